The first-order valence-electron chi connectivity index (χ1n) is 6.12. The fraction of sp³-hybridized carbons (Fsp3) is 0.357. The summed E-state index contributed by atoms with van der Waals surface area (Å²) in [4.78, 5) is 11.5. The Morgan fingerprint density at radius 2 is 2.11 bits per heavy atom. The SMILES string of the molecule is CC(C)NC(=O)CNCc1csc2ccccc12. The van der Waals surface area contributed by atoms with E-state index in [1.54, 1.807) is 11.3 Å². The van der Waals surface area contributed by atoms with Crippen LogP contribution in [-0.4, -0.2) is 18.5 Å². The molecule has 0 saturated heterocycles. The number of nitrogens with one attached hydrogen (secondary N) is 2. The molecular weight excluding hydrogens is 244 g/mol. The fourth-order valence-electron chi connectivity index (χ4n) is 1.85. The minimum Gasteiger partial charge on any atom is -0.353 e. The summed E-state index contributed by atoms with van der Waals surface area (Å²) in [5.74, 6) is 0.0459. The standard InChI is InChI=1S/C14H18N2OS/c1-10(2)16-14(17)8-15-7-11-9-18-13-6-4-3-5-12(11)13/h3-6,9-10,15H,7-8H2,1-2H3,(H,16,17). The van der Waals surface area contributed by atoms with Gasteiger partial charge in [0.1, 0.15) is 0 Å². The quantitative estimate of drug-likeness (QED) is 0.869. The molecule has 96 valence electrons. The van der Waals surface area contributed by atoms with Crippen LogP contribution in [0.3, 0.4) is 0 Å². The zero-order chi connectivity index (χ0) is 13.0. The first-order valence-corrected chi connectivity index (χ1v) is 7.00. The normalized spacial score (nSPS) is 11.1. The van der Waals surface area contributed by atoms with Crippen molar-refractivity contribution in [2.24, 2.45) is 0 Å². The van der Waals surface area contributed by atoms with E-state index < -0.39 is 0 Å². The molecule has 2 rings (SSSR count). The second-order valence-electron chi connectivity index (χ2n) is 4.58. The molecule has 0 fully saturated rings. The molecule has 0 atom stereocenters. The van der Waals surface area contributed by atoms with Crippen LogP contribution in [0.5, 0.6) is 0 Å². The van der Waals surface area contributed by atoms with E-state index in [0.29, 0.717) is 6.54 Å². The van der Waals surface area contributed by atoms with Gasteiger partial charge in [-0.1, -0.05) is 18.2 Å². The van der Waals surface area contributed by atoms with Gasteiger partial charge in [0.05, 0.1) is 6.54 Å². The van der Waals surface area contributed by atoms with E-state index >= 15 is 0 Å². The van der Waals surface area contributed by atoms with Gasteiger partial charge in [0.25, 0.3) is 0 Å². The van der Waals surface area contributed by atoms with Crippen LogP contribution in [0.4, 0.5) is 0 Å². The number of thiophene rings is 1. The van der Waals surface area contributed by atoms with Crippen molar-refractivity contribution in [2.75, 3.05) is 6.54 Å². The molecule has 1 heterocycles. The van der Waals surface area contributed by atoms with Crippen LogP contribution < -0.4 is 10.6 Å². The van der Waals surface area contributed by atoms with Gasteiger partial charge in [0.15, 0.2) is 0 Å². The van der Waals surface area contributed by atoms with Crippen molar-refractivity contribution in [1.82, 2.24) is 10.6 Å². The lowest BCUT2D eigenvalue weighted by molar-refractivity contribution is -0.120. The van der Waals surface area contributed by atoms with E-state index in [4.69, 9.17) is 0 Å². The molecule has 4 heteroatoms. The molecule has 2 aromatic rings. The van der Waals surface area contributed by atoms with Crippen molar-refractivity contribution in [2.45, 2.75) is 26.4 Å². The highest BCUT2D eigenvalue weighted by Gasteiger charge is 2.05. The van der Waals surface area contributed by atoms with Crippen LogP contribution in [0.15, 0.2) is 29.6 Å². The number of carbonyl (C=O) groups excluding carboxylic acids is 1. The lowest BCUT2D eigenvalue weighted by Crippen LogP contribution is -2.37. The second-order valence-corrected chi connectivity index (χ2v) is 5.49. The Morgan fingerprint density at radius 1 is 1.33 bits per heavy atom. The Balaban J connectivity index is 1.89. The monoisotopic (exact) mass is 262 g/mol. The van der Waals surface area contributed by atoms with Crippen molar-refractivity contribution >= 4 is 27.3 Å². The summed E-state index contributed by atoms with van der Waals surface area (Å²) in [5, 5.41) is 9.47. The van der Waals surface area contributed by atoms with Gasteiger partial charge < -0.3 is 10.6 Å². The zero-order valence-electron chi connectivity index (χ0n) is 10.7. The molecular formula is C14H18N2OS. The third-order valence-electron chi connectivity index (χ3n) is 2.61. The first-order chi connectivity index (χ1) is 8.66. The lowest BCUT2D eigenvalue weighted by atomic mass is 10.2. The zero-order valence-corrected chi connectivity index (χ0v) is 11.5. The number of amides is 1. The van der Waals surface area contributed by atoms with Crippen LogP contribution >= 0.6 is 11.3 Å². The Bertz CT molecular complexity index is 533. The molecule has 0 bridgehead atoms. The Hall–Kier alpha value is -1.39. The Kier molecular flexibility index (Phi) is 4.33. The Morgan fingerprint density at radius 3 is 2.89 bits per heavy atom. The van der Waals surface area contributed by atoms with E-state index in [1.807, 2.05) is 26.0 Å². The van der Waals surface area contributed by atoms with Gasteiger partial charge in [-0.2, -0.15) is 0 Å². The molecule has 1 aromatic heterocycles. The number of carbonyl (C=O) groups is 1. The molecule has 0 spiro atoms. The highest BCUT2D eigenvalue weighted by atomic mass is 32.1. The maximum atomic E-state index is 11.5. The highest BCUT2D eigenvalue weighted by molar-refractivity contribution is 7.17. The minimum atomic E-state index is 0.0459. The van der Waals surface area contributed by atoms with Gasteiger partial charge in [-0.25, -0.2) is 0 Å². The average Bonchev–Trinajstić information content (AvgIpc) is 2.72. The summed E-state index contributed by atoms with van der Waals surface area (Å²) in [5.41, 5.74) is 1.26. The van der Waals surface area contributed by atoms with Gasteiger partial charge in [0.2, 0.25) is 5.91 Å². The molecule has 0 radical (unpaired) electrons. The predicted octanol–water partition coefficient (Wildman–Crippen LogP) is 2.52. The van der Waals surface area contributed by atoms with Crippen molar-refractivity contribution in [3.05, 3.63) is 35.2 Å². The third-order valence-corrected chi connectivity index (χ3v) is 3.62. The van der Waals surface area contributed by atoms with Crippen molar-refractivity contribution in [1.29, 1.82) is 0 Å². The summed E-state index contributed by atoms with van der Waals surface area (Å²) < 4.78 is 1.29. The number of benzene rings is 1. The van der Waals surface area contributed by atoms with E-state index in [2.05, 4.69) is 28.1 Å². The van der Waals surface area contributed by atoms with E-state index in [-0.39, 0.29) is 11.9 Å². The number of hydrogen-bond acceptors (Lipinski definition) is 3. The van der Waals surface area contributed by atoms with Gasteiger partial charge in [-0.3, -0.25) is 4.79 Å². The van der Waals surface area contributed by atoms with Crippen LogP contribution in [-0.2, 0) is 11.3 Å². The van der Waals surface area contributed by atoms with E-state index in [9.17, 15) is 4.79 Å². The van der Waals surface area contributed by atoms with Crippen LogP contribution in [0.25, 0.3) is 10.1 Å². The smallest absolute Gasteiger partial charge is 0.234 e. The van der Waals surface area contributed by atoms with Crippen LogP contribution in [0.2, 0.25) is 0 Å². The van der Waals surface area contributed by atoms with E-state index in [0.717, 1.165) is 6.54 Å². The van der Waals surface area contributed by atoms with Gasteiger partial charge >= 0.3 is 0 Å². The van der Waals surface area contributed by atoms with Crippen molar-refractivity contribution in [3.8, 4) is 0 Å². The number of fused-ring (bicyclic) bond motifs is 1. The maximum Gasteiger partial charge on any atom is 0.234 e. The summed E-state index contributed by atoms with van der Waals surface area (Å²) in [6, 6.07) is 8.53. The van der Waals surface area contributed by atoms with E-state index in [1.165, 1.54) is 15.6 Å². The highest BCUT2D eigenvalue weighted by Crippen LogP contribution is 2.25. The largest absolute Gasteiger partial charge is 0.353 e. The Labute approximate surface area is 111 Å². The minimum absolute atomic E-state index is 0.0459. The molecule has 0 saturated carbocycles. The van der Waals surface area contributed by atoms with Crippen molar-refractivity contribution in [3.63, 3.8) is 0 Å². The van der Waals surface area contributed by atoms with Gasteiger partial charge in [0, 0.05) is 17.3 Å². The predicted molar refractivity (Wildman–Crippen MR) is 76.8 cm³/mol. The van der Waals surface area contributed by atoms with Crippen LogP contribution in [0, 0.1) is 0 Å². The molecule has 0 unspecified atom stereocenters. The summed E-state index contributed by atoms with van der Waals surface area (Å²) in [7, 11) is 0. The fourth-order valence-corrected chi connectivity index (χ4v) is 2.82. The summed E-state index contributed by atoms with van der Waals surface area (Å²) in [6.45, 7) is 5.02. The molecule has 0 aliphatic heterocycles. The molecule has 2 N–H and O–H groups in total. The average molecular weight is 262 g/mol. The first kappa shape index (κ1) is 13.1. The molecule has 18 heavy (non-hydrogen) atoms. The summed E-state index contributed by atoms with van der Waals surface area (Å²) >= 11 is 1.74. The maximum absolute atomic E-state index is 11.5. The molecule has 0 aliphatic carbocycles. The van der Waals surface area contributed by atoms with Crippen LogP contribution in [0.1, 0.15) is 19.4 Å². The van der Waals surface area contributed by atoms with Gasteiger partial charge in [-0.05, 0) is 36.2 Å². The lowest BCUT2D eigenvalue weighted by Gasteiger charge is -2.08. The number of hydrogen-bond donors (Lipinski definition) is 2. The number of rotatable bonds is 5. The molecule has 0 aliphatic rings. The van der Waals surface area contributed by atoms with Gasteiger partial charge in [-0.15, -0.1) is 11.3 Å². The van der Waals surface area contributed by atoms with Crippen molar-refractivity contribution < 1.29 is 4.79 Å². The summed E-state index contributed by atoms with van der Waals surface area (Å²) in [6.07, 6.45) is 0. The molecule has 1 amide bonds. The second kappa shape index (κ2) is 5.98. The third kappa shape index (κ3) is 3.31. The topological polar surface area (TPSA) is 41.1 Å². The molecule has 3 nitrogen and oxygen atoms in total. The molecule has 1 aromatic carbocycles.